The van der Waals surface area contributed by atoms with Gasteiger partial charge >= 0.3 is 0 Å². The second kappa shape index (κ2) is 12.7. The fraction of sp³-hybridized carbons (Fsp3) is 0.565. The molecule has 9 nitrogen and oxygen atoms in total. The molecule has 0 unspecified atom stereocenters. The maximum Gasteiger partial charge on any atom is 0.242 e. The van der Waals surface area contributed by atoms with E-state index in [0.29, 0.717) is 12.5 Å². The summed E-state index contributed by atoms with van der Waals surface area (Å²) < 4.78 is 2.02. The van der Waals surface area contributed by atoms with Gasteiger partial charge in [-0.15, -0.1) is 10.2 Å². The summed E-state index contributed by atoms with van der Waals surface area (Å²) in [7, 11) is 2.09. The van der Waals surface area contributed by atoms with Gasteiger partial charge in [0.1, 0.15) is 18.7 Å². The molecule has 0 radical (unpaired) electrons. The minimum atomic E-state index is -0.277. The monoisotopic (exact) mass is 442 g/mol. The molecule has 0 bridgehead atoms. The van der Waals surface area contributed by atoms with Gasteiger partial charge in [0, 0.05) is 50.9 Å². The molecule has 1 heterocycles. The van der Waals surface area contributed by atoms with Crippen LogP contribution in [0.5, 0.6) is 0 Å². The van der Waals surface area contributed by atoms with Crippen LogP contribution in [0.3, 0.4) is 0 Å². The van der Waals surface area contributed by atoms with Crippen molar-refractivity contribution in [3.05, 3.63) is 42.5 Å². The third-order valence-electron chi connectivity index (χ3n) is 4.71. The van der Waals surface area contributed by atoms with Gasteiger partial charge in [-0.1, -0.05) is 25.1 Å². The fourth-order valence-electron chi connectivity index (χ4n) is 3.15. The van der Waals surface area contributed by atoms with Gasteiger partial charge in [-0.05, 0) is 39.3 Å². The van der Waals surface area contributed by atoms with Crippen LogP contribution in [-0.2, 0) is 17.8 Å². The van der Waals surface area contributed by atoms with E-state index in [1.54, 1.807) is 6.33 Å². The van der Waals surface area contributed by atoms with E-state index in [1.165, 1.54) is 5.69 Å². The number of para-hydroxylation sites is 1. The maximum atomic E-state index is 12.2. The number of hydrogen-bond acceptors (Lipinski definition) is 5. The Morgan fingerprint density at radius 3 is 2.56 bits per heavy atom. The van der Waals surface area contributed by atoms with Crippen molar-refractivity contribution < 1.29 is 4.79 Å². The van der Waals surface area contributed by atoms with Crippen LogP contribution >= 0.6 is 0 Å². The Hall–Kier alpha value is -3.10. The Morgan fingerprint density at radius 1 is 1.16 bits per heavy atom. The number of aromatic nitrogens is 3. The van der Waals surface area contributed by atoms with E-state index in [2.05, 4.69) is 62.1 Å². The highest BCUT2D eigenvalue weighted by Crippen LogP contribution is 2.10. The third-order valence-corrected chi connectivity index (χ3v) is 4.71. The Labute approximate surface area is 191 Å². The maximum absolute atomic E-state index is 12.2. The summed E-state index contributed by atoms with van der Waals surface area (Å²) in [5.74, 6) is 1.48. The zero-order valence-electron chi connectivity index (χ0n) is 20.1. The average Bonchev–Trinajstić information content (AvgIpc) is 3.21. The number of nitrogens with zero attached hydrogens (tertiary/aromatic N) is 5. The summed E-state index contributed by atoms with van der Waals surface area (Å²) in [4.78, 5) is 18.9. The number of nitrogens with one attached hydrogen (secondary N) is 3. The van der Waals surface area contributed by atoms with E-state index in [-0.39, 0.29) is 18.0 Å². The molecule has 0 spiro atoms. The Kier molecular flexibility index (Phi) is 9.97. The Morgan fingerprint density at radius 2 is 1.88 bits per heavy atom. The van der Waals surface area contributed by atoms with Crippen LogP contribution in [0.2, 0.25) is 0 Å². The van der Waals surface area contributed by atoms with Crippen molar-refractivity contribution >= 4 is 17.6 Å². The molecule has 1 aromatic carbocycles. The lowest BCUT2D eigenvalue weighted by Gasteiger charge is -2.21. The molecule has 1 amide bonds. The number of hydrogen-bond donors (Lipinski definition) is 3. The van der Waals surface area contributed by atoms with E-state index in [1.807, 2.05) is 43.5 Å². The highest BCUT2D eigenvalue weighted by atomic mass is 16.2. The molecule has 0 aliphatic carbocycles. The van der Waals surface area contributed by atoms with Gasteiger partial charge in [-0.25, -0.2) is 4.99 Å². The lowest BCUT2D eigenvalue weighted by molar-refractivity contribution is -0.121. The summed E-state index contributed by atoms with van der Waals surface area (Å²) >= 11 is 0. The molecule has 0 fully saturated rings. The smallest absolute Gasteiger partial charge is 0.242 e. The first-order chi connectivity index (χ1) is 15.3. The second-order valence-corrected chi connectivity index (χ2v) is 8.72. The van der Waals surface area contributed by atoms with E-state index in [0.717, 1.165) is 38.3 Å². The molecule has 0 aliphatic rings. The van der Waals surface area contributed by atoms with Gasteiger partial charge in [0.15, 0.2) is 5.96 Å². The number of amides is 1. The summed E-state index contributed by atoms with van der Waals surface area (Å²) in [6.45, 7) is 11.0. The van der Waals surface area contributed by atoms with Crippen molar-refractivity contribution in [3.63, 3.8) is 0 Å². The van der Waals surface area contributed by atoms with E-state index in [4.69, 9.17) is 0 Å². The number of guanidine groups is 1. The van der Waals surface area contributed by atoms with Gasteiger partial charge in [0.05, 0.1) is 0 Å². The summed E-state index contributed by atoms with van der Waals surface area (Å²) in [6, 6.07) is 10.3. The number of benzene rings is 1. The van der Waals surface area contributed by atoms with Crippen molar-refractivity contribution in [2.24, 2.45) is 4.99 Å². The van der Waals surface area contributed by atoms with Crippen molar-refractivity contribution in [2.75, 3.05) is 38.1 Å². The van der Waals surface area contributed by atoms with Crippen molar-refractivity contribution in [3.8, 4) is 0 Å². The molecule has 0 saturated carbocycles. The minimum Gasteiger partial charge on any atom is -0.375 e. The summed E-state index contributed by atoms with van der Waals surface area (Å²) in [5.41, 5.74) is 0.916. The average molecular weight is 443 g/mol. The first kappa shape index (κ1) is 25.2. The second-order valence-electron chi connectivity index (χ2n) is 8.72. The largest absolute Gasteiger partial charge is 0.375 e. The molecule has 2 rings (SSSR count). The topological polar surface area (TPSA) is 99.5 Å². The fourth-order valence-corrected chi connectivity index (χ4v) is 3.15. The number of carbonyl (C=O) groups excluding carboxylic acids is 1. The summed E-state index contributed by atoms with van der Waals surface area (Å²) in [6.07, 6.45) is 3.51. The Balaban J connectivity index is 1.86. The number of aliphatic imine (C=N–C) groups is 1. The highest BCUT2D eigenvalue weighted by molar-refractivity contribution is 5.85. The predicted octanol–water partition coefficient (Wildman–Crippen LogP) is 1.82. The lowest BCUT2D eigenvalue weighted by atomic mass is 10.1. The van der Waals surface area contributed by atoms with E-state index < -0.39 is 0 Å². The summed E-state index contributed by atoms with van der Waals surface area (Å²) in [5, 5.41) is 17.7. The van der Waals surface area contributed by atoms with Crippen LogP contribution < -0.4 is 20.9 Å². The number of rotatable bonds is 11. The number of aryl methyl sites for hydroxylation is 1. The quantitative estimate of drug-likeness (QED) is 0.279. The van der Waals surface area contributed by atoms with Crippen LogP contribution in [-0.4, -0.2) is 65.4 Å². The van der Waals surface area contributed by atoms with Gasteiger partial charge in [0.2, 0.25) is 5.91 Å². The molecule has 3 N–H and O–H groups in total. The van der Waals surface area contributed by atoms with Crippen molar-refractivity contribution in [2.45, 2.75) is 52.6 Å². The molecule has 2 aromatic rings. The predicted molar refractivity (Wildman–Crippen MR) is 130 cm³/mol. The van der Waals surface area contributed by atoms with Crippen LogP contribution in [0.25, 0.3) is 0 Å². The minimum absolute atomic E-state index is 0.0728. The van der Waals surface area contributed by atoms with Gasteiger partial charge < -0.3 is 25.4 Å². The lowest BCUT2D eigenvalue weighted by Crippen LogP contribution is -2.44. The zero-order chi connectivity index (χ0) is 23.4. The van der Waals surface area contributed by atoms with E-state index >= 15 is 0 Å². The molecule has 0 atom stereocenters. The molecule has 1 aromatic heterocycles. The molecule has 9 heteroatoms. The standard InChI is InChI=1S/C23H38N8O/c1-6-20-29-27-18-31(20)16-14-25-22(26-17-21(32)28-23(2,3)4)24-13-10-15-30(5)19-11-8-7-9-12-19/h7-9,11-12,18H,6,10,13-17H2,1-5H3,(H,28,32)(H2,24,25,26). The first-order valence-electron chi connectivity index (χ1n) is 11.2. The molecular formula is C23H38N8O. The third kappa shape index (κ3) is 9.36. The van der Waals surface area contributed by atoms with Crippen LogP contribution in [0.15, 0.2) is 41.7 Å². The van der Waals surface area contributed by atoms with Crippen LogP contribution in [0.4, 0.5) is 5.69 Å². The molecule has 32 heavy (non-hydrogen) atoms. The van der Waals surface area contributed by atoms with Crippen LogP contribution in [0.1, 0.15) is 39.9 Å². The number of carbonyl (C=O) groups is 1. The highest BCUT2D eigenvalue weighted by Gasteiger charge is 2.13. The number of anilines is 1. The zero-order valence-corrected chi connectivity index (χ0v) is 20.1. The van der Waals surface area contributed by atoms with Gasteiger partial charge in [0.25, 0.3) is 0 Å². The molecule has 0 aliphatic heterocycles. The normalized spacial score (nSPS) is 11.8. The first-order valence-corrected chi connectivity index (χ1v) is 11.2. The Bertz CT molecular complexity index is 841. The van der Waals surface area contributed by atoms with Crippen molar-refractivity contribution in [1.82, 2.24) is 30.7 Å². The molecule has 0 saturated heterocycles. The van der Waals surface area contributed by atoms with Gasteiger partial charge in [-0.3, -0.25) is 4.79 Å². The van der Waals surface area contributed by atoms with Gasteiger partial charge in [-0.2, -0.15) is 0 Å². The van der Waals surface area contributed by atoms with Crippen LogP contribution in [0, 0.1) is 0 Å². The van der Waals surface area contributed by atoms with Crippen molar-refractivity contribution in [1.29, 1.82) is 0 Å². The molecule has 176 valence electrons. The van der Waals surface area contributed by atoms with E-state index in [9.17, 15) is 4.79 Å². The molecular weight excluding hydrogens is 404 g/mol. The SMILES string of the molecule is CCc1nncn1CCNC(=NCC(=O)NC(C)(C)C)NCCCN(C)c1ccccc1.